The van der Waals surface area contributed by atoms with Crippen molar-refractivity contribution in [2.24, 2.45) is 0 Å². The molecule has 0 bridgehead atoms. The monoisotopic (exact) mass is 340 g/mol. The Labute approximate surface area is 148 Å². The summed E-state index contributed by atoms with van der Waals surface area (Å²) in [6.07, 6.45) is 6.98. The SMILES string of the molecule is N#C/C(=C\c1cccc2cnccc12)c1c[nH]c2ccc([N+](=O)[O-])cc12. The summed E-state index contributed by atoms with van der Waals surface area (Å²) in [6, 6.07) is 14.5. The number of nitrogens with one attached hydrogen (secondary N) is 1. The summed E-state index contributed by atoms with van der Waals surface area (Å²) in [6.45, 7) is 0. The Morgan fingerprint density at radius 3 is 2.92 bits per heavy atom. The molecule has 0 saturated carbocycles. The molecule has 0 aliphatic carbocycles. The number of allylic oxidation sites excluding steroid dienone is 1. The molecule has 0 aliphatic rings. The lowest BCUT2D eigenvalue weighted by Gasteiger charge is -2.03. The van der Waals surface area contributed by atoms with E-state index in [1.54, 1.807) is 30.7 Å². The molecule has 0 unspecified atom stereocenters. The first-order valence-corrected chi connectivity index (χ1v) is 7.88. The van der Waals surface area contributed by atoms with Gasteiger partial charge >= 0.3 is 0 Å². The van der Waals surface area contributed by atoms with Gasteiger partial charge in [-0.15, -0.1) is 0 Å². The molecule has 2 heterocycles. The fourth-order valence-electron chi connectivity index (χ4n) is 3.04. The molecule has 124 valence electrons. The van der Waals surface area contributed by atoms with Gasteiger partial charge < -0.3 is 4.98 Å². The second kappa shape index (κ2) is 6.15. The summed E-state index contributed by atoms with van der Waals surface area (Å²) in [5.74, 6) is 0. The van der Waals surface area contributed by atoms with Gasteiger partial charge in [0.2, 0.25) is 0 Å². The number of pyridine rings is 1. The van der Waals surface area contributed by atoms with Crippen molar-refractivity contribution in [3.63, 3.8) is 0 Å². The first-order chi connectivity index (χ1) is 12.7. The molecule has 0 saturated heterocycles. The lowest BCUT2D eigenvalue weighted by Crippen LogP contribution is -1.88. The quantitative estimate of drug-likeness (QED) is 0.332. The van der Waals surface area contributed by atoms with Crippen LogP contribution in [-0.2, 0) is 0 Å². The third-order valence-electron chi connectivity index (χ3n) is 4.30. The first-order valence-electron chi connectivity index (χ1n) is 7.88. The lowest BCUT2D eigenvalue weighted by molar-refractivity contribution is -0.384. The van der Waals surface area contributed by atoms with Gasteiger partial charge in [-0.3, -0.25) is 15.1 Å². The summed E-state index contributed by atoms with van der Waals surface area (Å²) in [4.78, 5) is 17.8. The smallest absolute Gasteiger partial charge is 0.270 e. The normalized spacial score (nSPS) is 11.6. The van der Waals surface area contributed by atoms with Gasteiger partial charge in [0, 0.05) is 52.6 Å². The van der Waals surface area contributed by atoms with Crippen LogP contribution in [0, 0.1) is 21.4 Å². The number of nitro groups is 1. The number of fused-ring (bicyclic) bond motifs is 2. The Kier molecular flexibility index (Phi) is 3.67. The third-order valence-corrected chi connectivity index (χ3v) is 4.30. The maximum absolute atomic E-state index is 11.1. The predicted molar refractivity (Wildman–Crippen MR) is 100 cm³/mol. The van der Waals surface area contributed by atoms with Crippen LogP contribution in [0.3, 0.4) is 0 Å². The number of non-ortho nitro benzene ring substituents is 1. The highest BCUT2D eigenvalue weighted by molar-refractivity contribution is 6.04. The van der Waals surface area contributed by atoms with Crippen LogP contribution in [-0.4, -0.2) is 14.9 Å². The van der Waals surface area contributed by atoms with Crippen LogP contribution in [0.4, 0.5) is 5.69 Å². The van der Waals surface area contributed by atoms with Crippen molar-refractivity contribution in [1.29, 1.82) is 5.26 Å². The van der Waals surface area contributed by atoms with E-state index in [9.17, 15) is 15.4 Å². The average Bonchev–Trinajstić information content (AvgIpc) is 3.09. The highest BCUT2D eigenvalue weighted by Crippen LogP contribution is 2.30. The van der Waals surface area contributed by atoms with Gasteiger partial charge in [-0.25, -0.2) is 0 Å². The van der Waals surface area contributed by atoms with E-state index in [1.807, 2.05) is 24.3 Å². The van der Waals surface area contributed by atoms with Gasteiger partial charge in [0.1, 0.15) is 0 Å². The molecule has 4 rings (SSSR count). The summed E-state index contributed by atoms with van der Waals surface area (Å²) in [7, 11) is 0. The molecule has 6 heteroatoms. The Bertz CT molecular complexity index is 1230. The molecular weight excluding hydrogens is 328 g/mol. The third kappa shape index (κ3) is 2.58. The van der Waals surface area contributed by atoms with Gasteiger partial charge in [0.05, 0.1) is 16.6 Å². The van der Waals surface area contributed by atoms with Crippen LogP contribution in [0.15, 0.2) is 61.1 Å². The highest BCUT2D eigenvalue weighted by Gasteiger charge is 2.13. The molecule has 2 aromatic carbocycles. The molecule has 26 heavy (non-hydrogen) atoms. The number of aromatic amines is 1. The number of benzene rings is 2. The Morgan fingerprint density at radius 2 is 2.12 bits per heavy atom. The number of H-pyrrole nitrogens is 1. The van der Waals surface area contributed by atoms with Crippen LogP contribution < -0.4 is 0 Å². The van der Waals surface area contributed by atoms with Gasteiger partial charge in [0.15, 0.2) is 0 Å². The van der Waals surface area contributed by atoms with Crippen molar-refractivity contribution in [3.8, 4) is 6.07 Å². The van der Waals surface area contributed by atoms with E-state index >= 15 is 0 Å². The number of aromatic nitrogens is 2. The average molecular weight is 340 g/mol. The van der Waals surface area contributed by atoms with Crippen molar-refractivity contribution in [2.75, 3.05) is 0 Å². The molecule has 0 spiro atoms. The van der Waals surface area contributed by atoms with Crippen LogP contribution in [0.25, 0.3) is 33.3 Å². The van der Waals surface area contributed by atoms with E-state index in [0.29, 0.717) is 16.5 Å². The summed E-state index contributed by atoms with van der Waals surface area (Å²) in [5.41, 5.74) is 2.69. The molecule has 6 nitrogen and oxygen atoms in total. The van der Waals surface area contributed by atoms with Gasteiger partial charge in [0.25, 0.3) is 5.69 Å². The summed E-state index contributed by atoms with van der Waals surface area (Å²) in [5, 5.41) is 23.4. The maximum Gasteiger partial charge on any atom is 0.270 e. The number of nitrogens with zero attached hydrogens (tertiary/aromatic N) is 3. The fourth-order valence-corrected chi connectivity index (χ4v) is 3.04. The summed E-state index contributed by atoms with van der Waals surface area (Å²) >= 11 is 0. The minimum Gasteiger partial charge on any atom is -0.361 e. The number of hydrogen-bond donors (Lipinski definition) is 1. The molecule has 4 aromatic rings. The van der Waals surface area contributed by atoms with Crippen molar-refractivity contribution in [3.05, 3.63) is 82.3 Å². The summed E-state index contributed by atoms with van der Waals surface area (Å²) < 4.78 is 0. The van der Waals surface area contributed by atoms with E-state index in [4.69, 9.17) is 0 Å². The molecule has 0 amide bonds. The largest absolute Gasteiger partial charge is 0.361 e. The van der Waals surface area contributed by atoms with E-state index < -0.39 is 4.92 Å². The predicted octanol–water partition coefficient (Wildman–Crippen LogP) is 4.69. The molecule has 0 atom stereocenters. The van der Waals surface area contributed by atoms with Crippen LogP contribution in [0.2, 0.25) is 0 Å². The maximum atomic E-state index is 11.1. The Hall–Kier alpha value is -3.98. The zero-order valence-corrected chi connectivity index (χ0v) is 13.5. The molecule has 1 N–H and O–H groups in total. The molecule has 2 aromatic heterocycles. The molecular formula is C20H12N4O2. The lowest BCUT2D eigenvalue weighted by atomic mass is 10.00. The highest BCUT2D eigenvalue weighted by atomic mass is 16.6. The zero-order chi connectivity index (χ0) is 18.1. The topological polar surface area (TPSA) is 95.6 Å². The van der Waals surface area contributed by atoms with Crippen molar-refractivity contribution >= 4 is 39.0 Å². The van der Waals surface area contributed by atoms with Gasteiger partial charge in [-0.05, 0) is 29.2 Å². The molecule has 0 aliphatic heterocycles. The first kappa shape index (κ1) is 15.5. The molecule has 0 radical (unpaired) electrons. The minimum absolute atomic E-state index is 0.00752. The zero-order valence-electron chi connectivity index (χ0n) is 13.5. The van der Waals surface area contributed by atoms with Crippen molar-refractivity contribution in [2.45, 2.75) is 0 Å². The minimum atomic E-state index is -0.441. The van der Waals surface area contributed by atoms with Crippen LogP contribution in [0.5, 0.6) is 0 Å². The van der Waals surface area contributed by atoms with E-state index in [2.05, 4.69) is 16.0 Å². The van der Waals surface area contributed by atoms with Crippen molar-refractivity contribution in [1.82, 2.24) is 9.97 Å². The van der Waals surface area contributed by atoms with Crippen LogP contribution in [0.1, 0.15) is 11.1 Å². The second-order valence-electron chi connectivity index (χ2n) is 5.80. The standard InChI is InChI=1S/C20H12N4O2/c21-10-15(8-13-2-1-3-14-11-22-7-6-17(13)14)19-12-23-20-5-4-16(24(25)26)9-18(19)20/h1-9,11-12,23H/b15-8+. The number of nitro benzene ring substituents is 1. The van der Waals surface area contributed by atoms with Gasteiger partial charge in [-0.2, -0.15) is 5.26 Å². The van der Waals surface area contributed by atoms with Gasteiger partial charge in [-0.1, -0.05) is 18.2 Å². The second-order valence-corrected chi connectivity index (χ2v) is 5.80. The van der Waals surface area contributed by atoms with Crippen LogP contribution >= 0.6 is 0 Å². The number of rotatable bonds is 3. The Balaban J connectivity index is 1.91. The Morgan fingerprint density at radius 1 is 1.23 bits per heavy atom. The van der Waals surface area contributed by atoms with E-state index in [-0.39, 0.29) is 5.69 Å². The van der Waals surface area contributed by atoms with E-state index in [0.717, 1.165) is 21.9 Å². The fraction of sp³-hybridized carbons (Fsp3) is 0. The van der Waals surface area contributed by atoms with Crippen molar-refractivity contribution < 1.29 is 4.92 Å². The number of hydrogen-bond acceptors (Lipinski definition) is 4. The number of nitriles is 1. The molecule has 0 fully saturated rings. The van der Waals surface area contributed by atoms with E-state index in [1.165, 1.54) is 12.1 Å².